The van der Waals surface area contributed by atoms with Gasteiger partial charge in [-0.15, -0.1) is 0 Å². The fraction of sp³-hybridized carbons (Fsp3) is 0.536. The molecule has 3 heterocycles. The number of phenols is 1. The van der Waals surface area contributed by atoms with Gasteiger partial charge in [-0.1, -0.05) is 12.1 Å². The van der Waals surface area contributed by atoms with Gasteiger partial charge in [-0.25, -0.2) is 4.79 Å². The molecule has 0 aliphatic carbocycles. The van der Waals surface area contributed by atoms with Crippen LogP contribution in [-0.4, -0.2) is 117 Å². The van der Waals surface area contributed by atoms with Gasteiger partial charge in [0.15, 0.2) is 6.29 Å². The van der Waals surface area contributed by atoms with Crippen molar-refractivity contribution in [3.63, 3.8) is 0 Å². The van der Waals surface area contributed by atoms with Crippen molar-refractivity contribution in [3.05, 3.63) is 53.1 Å². The van der Waals surface area contributed by atoms with Gasteiger partial charge in [0, 0.05) is 12.5 Å². The first-order chi connectivity index (χ1) is 20.0. The highest BCUT2D eigenvalue weighted by Crippen LogP contribution is 2.39. The lowest BCUT2D eigenvalue weighted by molar-refractivity contribution is -0.318. The molecule has 7 N–H and O–H groups in total. The molecule has 3 aliphatic rings. The lowest BCUT2D eigenvalue weighted by Gasteiger charge is -2.42. The molecule has 0 radical (unpaired) electrons. The Morgan fingerprint density at radius 2 is 1.52 bits per heavy atom. The highest BCUT2D eigenvalue weighted by atomic mass is 16.7. The molecule has 14 heteroatoms. The lowest BCUT2D eigenvalue weighted by atomic mass is 9.93. The molecule has 0 bridgehead atoms. The van der Waals surface area contributed by atoms with E-state index in [2.05, 4.69) is 0 Å². The second kappa shape index (κ2) is 12.3. The van der Waals surface area contributed by atoms with Crippen LogP contribution in [0.1, 0.15) is 34.5 Å². The molecule has 11 atom stereocenters. The molecule has 2 saturated heterocycles. The van der Waals surface area contributed by atoms with E-state index in [9.17, 15) is 40.5 Å². The van der Waals surface area contributed by atoms with Crippen molar-refractivity contribution >= 4 is 5.97 Å². The zero-order chi connectivity index (χ0) is 30.3. The van der Waals surface area contributed by atoms with Crippen LogP contribution in [-0.2, 0) is 25.4 Å². The molecule has 0 aromatic heterocycles. The fourth-order valence-electron chi connectivity index (χ4n) is 5.19. The van der Waals surface area contributed by atoms with Crippen LogP contribution >= 0.6 is 0 Å². The summed E-state index contributed by atoms with van der Waals surface area (Å²) in [6.07, 6.45) is -15.5. The highest BCUT2D eigenvalue weighted by molar-refractivity contribution is 5.95. The van der Waals surface area contributed by atoms with E-state index in [-0.39, 0.29) is 23.5 Å². The minimum Gasteiger partial charge on any atom is -0.508 e. The minimum atomic E-state index is -1.78. The van der Waals surface area contributed by atoms with E-state index in [0.29, 0.717) is 16.9 Å². The SMILES string of the molecule is COc1ccc([C@@H]2Cc3cc(O)cc(O[C@@H]4O[C@H](CO[C@@H]5O[C@@H](C)[C@H](O)[C@@H](O)[C@H]5O)[C@@H](O)[C@H](O)[C@H]4O)c3C(=O)O2)cc1. The van der Waals surface area contributed by atoms with Gasteiger partial charge in [-0.3, -0.25) is 0 Å². The van der Waals surface area contributed by atoms with Gasteiger partial charge >= 0.3 is 5.97 Å². The van der Waals surface area contributed by atoms with Crippen molar-refractivity contribution in [1.82, 2.24) is 0 Å². The van der Waals surface area contributed by atoms with Crippen LogP contribution in [0.2, 0.25) is 0 Å². The predicted molar refractivity (Wildman–Crippen MR) is 139 cm³/mol. The Balaban J connectivity index is 1.32. The molecule has 42 heavy (non-hydrogen) atoms. The first-order valence-corrected chi connectivity index (χ1v) is 13.4. The van der Waals surface area contributed by atoms with E-state index in [1.807, 2.05) is 0 Å². The van der Waals surface area contributed by atoms with Crippen LogP contribution in [0.3, 0.4) is 0 Å². The van der Waals surface area contributed by atoms with Gasteiger partial charge in [0.25, 0.3) is 0 Å². The number of ether oxygens (including phenoxy) is 6. The van der Waals surface area contributed by atoms with Gasteiger partial charge in [-0.05, 0) is 36.2 Å². The number of esters is 1. The first-order valence-electron chi connectivity index (χ1n) is 13.4. The van der Waals surface area contributed by atoms with Gasteiger partial charge < -0.3 is 64.2 Å². The number of benzene rings is 2. The summed E-state index contributed by atoms with van der Waals surface area (Å²) in [5.41, 5.74) is 1.10. The zero-order valence-corrected chi connectivity index (χ0v) is 22.7. The van der Waals surface area contributed by atoms with Crippen molar-refractivity contribution in [2.45, 2.75) is 80.9 Å². The molecule has 230 valence electrons. The summed E-state index contributed by atoms with van der Waals surface area (Å²) in [6, 6.07) is 9.49. The van der Waals surface area contributed by atoms with Crippen molar-refractivity contribution in [2.24, 2.45) is 0 Å². The Morgan fingerprint density at radius 3 is 2.21 bits per heavy atom. The third-order valence-electron chi connectivity index (χ3n) is 7.66. The maximum atomic E-state index is 13.1. The van der Waals surface area contributed by atoms with Crippen LogP contribution < -0.4 is 9.47 Å². The van der Waals surface area contributed by atoms with Crippen molar-refractivity contribution in [2.75, 3.05) is 13.7 Å². The topological polar surface area (TPSA) is 214 Å². The van der Waals surface area contributed by atoms with E-state index < -0.39 is 80.1 Å². The lowest BCUT2D eigenvalue weighted by Crippen LogP contribution is -2.61. The molecule has 5 rings (SSSR count). The summed E-state index contributed by atoms with van der Waals surface area (Å²) in [7, 11) is 1.53. The van der Waals surface area contributed by atoms with Crippen molar-refractivity contribution < 1.29 is 69.0 Å². The molecular weight excluding hydrogens is 560 g/mol. The summed E-state index contributed by atoms with van der Waals surface area (Å²) in [5.74, 6) is -0.551. The molecule has 0 unspecified atom stereocenters. The maximum absolute atomic E-state index is 13.1. The molecule has 3 aliphatic heterocycles. The molecule has 0 amide bonds. The number of carbonyl (C=O) groups excluding carboxylic acids is 1. The standard InChI is InChI=1S/C28H34O14/c1-11-20(30)22(32)24(34)27(39-11)38-10-18-21(31)23(33)25(35)28(42-18)41-17-9-14(29)7-13-8-16(40-26(36)19(13)17)12-3-5-15(37-2)6-4-12/h3-7,9,11,16,18,20-25,27-35H,8,10H2,1-2H3/t11-,16-,18+,20-,21+,22+,23-,24+,25+,27+,28+/m0/s1. The molecule has 14 nitrogen and oxygen atoms in total. The summed E-state index contributed by atoms with van der Waals surface area (Å²) in [4.78, 5) is 13.1. The maximum Gasteiger partial charge on any atom is 0.342 e. The van der Waals surface area contributed by atoms with Crippen LogP contribution in [0.5, 0.6) is 17.2 Å². The number of carbonyl (C=O) groups is 1. The number of aromatic hydroxyl groups is 1. The Morgan fingerprint density at radius 1 is 0.857 bits per heavy atom. The predicted octanol–water partition coefficient (Wildman–Crippen LogP) is -1.11. The third-order valence-corrected chi connectivity index (χ3v) is 7.66. The number of hydrogen-bond acceptors (Lipinski definition) is 14. The molecule has 2 fully saturated rings. The number of hydrogen-bond donors (Lipinski definition) is 7. The Bertz CT molecular complexity index is 1250. The number of cyclic esters (lactones) is 1. The Kier molecular flexibility index (Phi) is 8.89. The highest BCUT2D eigenvalue weighted by Gasteiger charge is 2.48. The molecular formula is C28H34O14. The number of rotatable bonds is 7. The normalized spacial score (nSPS) is 36.6. The smallest absolute Gasteiger partial charge is 0.342 e. The molecule has 2 aromatic rings. The van der Waals surface area contributed by atoms with Gasteiger partial charge in [0.2, 0.25) is 6.29 Å². The van der Waals surface area contributed by atoms with Crippen LogP contribution in [0.15, 0.2) is 36.4 Å². The van der Waals surface area contributed by atoms with Crippen LogP contribution in [0, 0.1) is 0 Å². The largest absolute Gasteiger partial charge is 0.508 e. The molecule has 0 spiro atoms. The number of methoxy groups -OCH3 is 1. The van der Waals surface area contributed by atoms with Gasteiger partial charge in [0.05, 0.1) is 19.8 Å². The van der Waals surface area contributed by atoms with E-state index in [1.54, 1.807) is 24.3 Å². The van der Waals surface area contributed by atoms with E-state index in [0.717, 1.165) is 6.07 Å². The number of fused-ring (bicyclic) bond motifs is 1. The van der Waals surface area contributed by atoms with Crippen molar-refractivity contribution in [3.8, 4) is 17.2 Å². The summed E-state index contributed by atoms with van der Waals surface area (Å²) in [5, 5.41) is 72.0. The summed E-state index contributed by atoms with van der Waals surface area (Å²) < 4.78 is 33.1. The average Bonchev–Trinajstić information content (AvgIpc) is 2.97. The fourth-order valence-corrected chi connectivity index (χ4v) is 5.19. The van der Waals surface area contributed by atoms with E-state index in [1.165, 1.54) is 20.1 Å². The Labute approximate surface area is 240 Å². The van der Waals surface area contributed by atoms with E-state index in [4.69, 9.17) is 28.4 Å². The monoisotopic (exact) mass is 594 g/mol. The van der Waals surface area contributed by atoms with Crippen molar-refractivity contribution in [1.29, 1.82) is 0 Å². The molecule has 0 saturated carbocycles. The summed E-state index contributed by atoms with van der Waals surface area (Å²) >= 11 is 0. The average molecular weight is 595 g/mol. The summed E-state index contributed by atoms with van der Waals surface area (Å²) in [6.45, 7) is 0.970. The second-order valence-electron chi connectivity index (χ2n) is 10.5. The minimum absolute atomic E-state index is 0.0120. The van der Waals surface area contributed by atoms with Crippen LogP contribution in [0.4, 0.5) is 0 Å². The number of aliphatic hydroxyl groups is 6. The first kappa shape index (κ1) is 30.4. The van der Waals surface area contributed by atoms with Gasteiger partial charge in [-0.2, -0.15) is 0 Å². The molecule has 2 aromatic carbocycles. The van der Waals surface area contributed by atoms with Gasteiger partial charge in [0.1, 0.15) is 71.6 Å². The third kappa shape index (κ3) is 5.90. The Hall–Kier alpha value is -3.05. The quantitative estimate of drug-likeness (QED) is 0.189. The number of phenolic OH excluding ortho intramolecular Hbond substituents is 1. The zero-order valence-electron chi connectivity index (χ0n) is 22.7. The number of aliphatic hydroxyl groups excluding tert-OH is 6. The second-order valence-corrected chi connectivity index (χ2v) is 10.5. The van der Waals surface area contributed by atoms with E-state index >= 15 is 0 Å². The van der Waals surface area contributed by atoms with Crippen LogP contribution in [0.25, 0.3) is 0 Å².